The normalized spacial score (nSPS) is 13.4. The van der Waals surface area contributed by atoms with Crippen molar-refractivity contribution in [3.8, 4) is 0 Å². The summed E-state index contributed by atoms with van der Waals surface area (Å²) in [6.07, 6.45) is 0. The number of fused-ring (bicyclic) bond motifs is 1. The average molecular weight is 178 g/mol. The zero-order chi connectivity index (χ0) is 9.42. The minimum Gasteiger partial charge on any atom is -0.338 e. The van der Waals surface area contributed by atoms with Crippen molar-refractivity contribution in [3.63, 3.8) is 0 Å². The summed E-state index contributed by atoms with van der Waals surface area (Å²) in [5, 5.41) is 3.12. The third kappa shape index (κ3) is 1.15. The first kappa shape index (κ1) is 8.07. The molecule has 13 heavy (non-hydrogen) atoms. The lowest BCUT2D eigenvalue weighted by Crippen LogP contribution is -2.05. The zero-order valence-corrected chi connectivity index (χ0v) is 7.20. The van der Waals surface area contributed by atoms with Crippen molar-refractivity contribution in [2.45, 2.75) is 13.0 Å². The molecule has 0 amide bonds. The van der Waals surface area contributed by atoms with Gasteiger partial charge in [-0.15, -0.1) is 0 Å². The maximum absolute atomic E-state index is 11.1. The number of benzene rings is 1. The number of nitrogens with two attached hydrogens (primary N) is 1. The van der Waals surface area contributed by atoms with Crippen LogP contribution in [0.4, 0.5) is 0 Å². The molecular formula is C9H10N2O2. The fourth-order valence-electron chi connectivity index (χ4n) is 1.39. The number of para-hydroxylation sites is 1. The Balaban J connectivity index is 2.84. The summed E-state index contributed by atoms with van der Waals surface area (Å²) in [4.78, 5) is 11.1. The van der Waals surface area contributed by atoms with Crippen LogP contribution < -0.4 is 11.4 Å². The smallest absolute Gasteiger partial charge is 0.338 e. The first-order valence-corrected chi connectivity index (χ1v) is 4.06. The highest BCUT2D eigenvalue weighted by Gasteiger charge is 2.09. The van der Waals surface area contributed by atoms with Gasteiger partial charge in [-0.3, -0.25) is 0 Å². The van der Waals surface area contributed by atoms with Gasteiger partial charge in [-0.2, -0.15) is 0 Å². The second-order valence-corrected chi connectivity index (χ2v) is 3.05. The number of nitrogens with one attached hydrogen (secondary N) is 1. The molecule has 1 atom stereocenters. The Labute approximate surface area is 74.3 Å². The molecule has 0 bridgehead atoms. The minimum atomic E-state index is -0.350. The topological polar surface area (TPSA) is 72.0 Å². The predicted octanol–water partition coefficient (Wildman–Crippen LogP) is 1.14. The van der Waals surface area contributed by atoms with Crippen molar-refractivity contribution < 1.29 is 4.52 Å². The molecule has 0 aliphatic carbocycles. The van der Waals surface area contributed by atoms with E-state index < -0.39 is 0 Å². The molecular weight excluding hydrogens is 168 g/mol. The lowest BCUT2D eigenvalue weighted by atomic mass is 10.1. The van der Waals surface area contributed by atoms with Crippen LogP contribution in [0.15, 0.2) is 27.5 Å². The molecule has 0 radical (unpaired) electrons. The number of aromatic nitrogens is 1. The second-order valence-electron chi connectivity index (χ2n) is 3.05. The van der Waals surface area contributed by atoms with Crippen LogP contribution in [0.2, 0.25) is 0 Å². The number of H-pyrrole nitrogens is 1. The van der Waals surface area contributed by atoms with E-state index in [1.165, 1.54) is 0 Å². The predicted molar refractivity (Wildman–Crippen MR) is 49.4 cm³/mol. The average Bonchev–Trinajstić information content (AvgIpc) is 2.48. The van der Waals surface area contributed by atoms with Crippen LogP contribution in [-0.4, -0.2) is 5.16 Å². The number of hydrogen-bond donors (Lipinski definition) is 2. The van der Waals surface area contributed by atoms with Gasteiger partial charge in [0.15, 0.2) is 0 Å². The fraction of sp³-hybridized carbons (Fsp3) is 0.222. The highest BCUT2D eigenvalue weighted by molar-refractivity contribution is 5.80. The van der Waals surface area contributed by atoms with E-state index in [9.17, 15) is 4.79 Å². The van der Waals surface area contributed by atoms with E-state index in [4.69, 9.17) is 5.73 Å². The summed E-state index contributed by atoms with van der Waals surface area (Å²) < 4.78 is 4.67. The summed E-state index contributed by atoms with van der Waals surface area (Å²) in [7, 11) is 0. The van der Waals surface area contributed by atoms with E-state index in [0.717, 1.165) is 5.56 Å². The highest BCUT2D eigenvalue weighted by Crippen LogP contribution is 2.18. The summed E-state index contributed by atoms with van der Waals surface area (Å²) in [6, 6.07) is 5.27. The Morgan fingerprint density at radius 2 is 2.31 bits per heavy atom. The molecule has 2 rings (SSSR count). The summed E-state index contributed by atoms with van der Waals surface area (Å²) in [5.41, 5.74) is 6.96. The van der Waals surface area contributed by atoms with Crippen LogP contribution >= 0.6 is 0 Å². The lowest BCUT2D eigenvalue weighted by molar-refractivity contribution is 0.399. The van der Waals surface area contributed by atoms with Crippen LogP contribution in [0.5, 0.6) is 0 Å². The summed E-state index contributed by atoms with van der Waals surface area (Å²) >= 11 is 0. The SMILES string of the molecule is CC(N)c1cccc2c(=O)o[nH]c12. The van der Waals surface area contributed by atoms with Gasteiger partial charge in [0, 0.05) is 6.04 Å². The molecule has 4 nitrogen and oxygen atoms in total. The molecule has 68 valence electrons. The third-order valence-electron chi connectivity index (χ3n) is 2.05. The summed E-state index contributed by atoms with van der Waals surface area (Å²) in [5.74, 6) is 0. The van der Waals surface area contributed by atoms with Gasteiger partial charge in [0.25, 0.3) is 0 Å². The van der Waals surface area contributed by atoms with E-state index in [2.05, 4.69) is 9.68 Å². The monoisotopic (exact) mass is 178 g/mol. The molecule has 0 aliphatic rings. The van der Waals surface area contributed by atoms with Gasteiger partial charge in [0.2, 0.25) is 0 Å². The van der Waals surface area contributed by atoms with Gasteiger partial charge in [0.05, 0.1) is 10.9 Å². The van der Waals surface area contributed by atoms with Crippen LogP contribution in [0.25, 0.3) is 10.9 Å². The quantitative estimate of drug-likeness (QED) is 0.687. The van der Waals surface area contributed by atoms with E-state index in [0.29, 0.717) is 10.9 Å². The molecule has 1 aromatic carbocycles. The molecule has 4 heteroatoms. The molecule has 1 aromatic heterocycles. The molecule has 0 aliphatic heterocycles. The number of aromatic amines is 1. The standard InChI is InChI=1S/C9H10N2O2/c1-5(10)6-3-2-4-7-8(6)11-13-9(7)12/h2-5,11H,10H2,1H3. The van der Waals surface area contributed by atoms with E-state index in [1.54, 1.807) is 12.1 Å². The zero-order valence-electron chi connectivity index (χ0n) is 7.20. The maximum Gasteiger partial charge on any atom is 0.365 e. The van der Waals surface area contributed by atoms with Gasteiger partial charge in [-0.25, -0.2) is 9.95 Å². The summed E-state index contributed by atoms with van der Waals surface area (Å²) in [6.45, 7) is 1.86. The minimum absolute atomic E-state index is 0.114. The molecule has 1 heterocycles. The lowest BCUT2D eigenvalue weighted by Gasteiger charge is -2.04. The van der Waals surface area contributed by atoms with E-state index in [1.807, 2.05) is 13.0 Å². The van der Waals surface area contributed by atoms with Crippen molar-refractivity contribution in [2.24, 2.45) is 5.73 Å². The van der Waals surface area contributed by atoms with E-state index in [-0.39, 0.29) is 11.7 Å². The Hall–Kier alpha value is -1.55. The van der Waals surface area contributed by atoms with Gasteiger partial charge < -0.3 is 10.3 Å². The van der Waals surface area contributed by atoms with Crippen molar-refractivity contribution >= 4 is 10.9 Å². The van der Waals surface area contributed by atoms with Crippen molar-refractivity contribution in [1.82, 2.24) is 5.16 Å². The largest absolute Gasteiger partial charge is 0.365 e. The molecule has 0 saturated carbocycles. The molecule has 3 N–H and O–H groups in total. The number of rotatable bonds is 1. The van der Waals surface area contributed by atoms with Gasteiger partial charge in [-0.1, -0.05) is 12.1 Å². The Bertz CT molecular complexity index is 482. The first-order valence-electron chi connectivity index (χ1n) is 4.06. The molecule has 0 saturated heterocycles. The number of hydrogen-bond acceptors (Lipinski definition) is 3. The molecule has 2 aromatic rings. The van der Waals surface area contributed by atoms with Crippen molar-refractivity contribution in [2.75, 3.05) is 0 Å². The maximum atomic E-state index is 11.1. The molecule has 1 unspecified atom stereocenters. The van der Waals surface area contributed by atoms with Crippen molar-refractivity contribution in [3.05, 3.63) is 34.2 Å². The van der Waals surface area contributed by atoms with Crippen LogP contribution in [0, 0.1) is 0 Å². The van der Waals surface area contributed by atoms with Gasteiger partial charge in [-0.05, 0) is 18.6 Å². The van der Waals surface area contributed by atoms with Crippen LogP contribution in [0.3, 0.4) is 0 Å². The first-order chi connectivity index (χ1) is 6.20. The Morgan fingerprint density at radius 1 is 1.54 bits per heavy atom. The van der Waals surface area contributed by atoms with Gasteiger partial charge >= 0.3 is 5.63 Å². The van der Waals surface area contributed by atoms with Gasteiger partial charge in [0.1, 0.15) is 0 Å². The van der Waals surface area contributed by atoms with E-state index >= 15 is 0 Å². The molecule has 0 fully saturated rings. The van der Waals surface area contributed by atoms with Crippen LogP contribution in [0.1, 0.15) is 18.5 Å². The Kier molecular flexibility index (Phi) is 1.70. The highest BCUT2D eigenvalue weighted by atomic mass is 16.5. The van der Waals surface area contributed by atoms with Crippen LogP contribution in [-0.2, 0) is 0 Å². The molecule has 0 spiro atoms. The van der Waals surface area contributed by atoms with Crippen molar-refractivity contribution in [1.29, 1.82) is 0 Å². The third-order valence-corrected chi connectivity index (χ3v) is 2.05. The fourth-order valence-corrected chi connectivity index (χ4v) is 1.39. The second kappa shape index (κ2) is 2.74. The Morgan fingerprint density at radius 3 is 3.00 bits per heavy atom.